The molecule has 2 rings (SSSR count). The highest BCUT2D eigenvalue weighted by atomic mass is 32.2. The standard InChI is InChI=1S/C21H30N4O4S/c1-12(2)18(20(27)24-17(21(28)29)8-9-30-3)25-19(26)15(22)10-13-11-23-16-7-5-4-6-14(13)16/h4-7,11-12,15,17-18,23H,8-10,22H2,1-3H3,(H,24,27)(H,25,26)(H,28,29)/t15-,17-,18-/m0/s1. The number of fused-ring (bicyclic) bond motifs is 1. The molecule has 1 heterocycles. The molecule has 0 fully saturated rings. The molecule has 30 heavy (non-hydrogen) atoms. The maximum absolute atomic E-state index is 12.7. The summed E-state index contributed by atoms with van der Waals surface area (Å²) in [5.74, 6) is -1.70. The normalized spacial score (nSPS) is 14.3. The summed E-state index contributed by atoms with van der Waals surface area (Å²) < 4.78 is 0. The van der Waals surface area contributed by atoms with Crippen molar-refractivity contribution in [2.24, 2.45) is 11.7 Å². The van der Waals surface area contributed by atoms with E-state index in [-0.39, 0.29) is 5.92 Å². The number of hydrogen-bond donors (Lipinski definition) is 5. The molecule has 0 radical (unpaired) electrons. The summed E-state index contributed by atoms with van der Waals surface area (Å²) >= 11 is 1.50. The largest absolute Gasteiger partial charge is 0.480 e. The third-order valence-corrected chi connectivity index (χ3v) is 5.57. The summed E-state index contributed by atoms with van der Waals surface area (Å²) in [7, 11) is 0. The van der Waals surface area contributed by atoms with Gasteiger partial charge in [0.2, 0.25) is 11.8 Å². The molecule has 0 aliphatic heterocycles. The van der Waals surface area contributed by atoms with Crippen LogP contribution in [0.3, 0.4) is 0 Å². The molecule has 0 unspecified atom stereocenters. The van der Waals surface area contributed by atoms with E-state index in [2.05, 4.69) is 15.6 Å². The maximum Gasteiger partial charge on any atom is 0.326 e. The van der Waals surface area contributed by atoms with Gasteiger partial charge in [-0.05, 0) is 42.4 Å². The Morgan fingerprint density at radius 2 is 1.87 bits per heavy atom. The van der Waals surface area contributed by atoms with E-state index in [0.29, 0.717) is 18.6 Å². The highest BCUT2D eigenvalue weighted by Crippen LogP contribution is 2.19. The molecule has 0 saturated heterocycles. The Kier molecular flexibility index (Phi) is 8.73. The number of rotatable bonds is 11. The fraction of sp³-hybridized carbons (Fsp3) is 0.476. The van der Waals surface area contributed by atoms with E-state index in [1.54, 1.807) is 13.8 Å². The number of carbonyl (C=O) groups excluding carboxylic acids is 2. The molecule has 1 aromatic carbocycles. The van der Waals surface area contributed by atoms with Gasteiger partial charge in [0.05, 0.1) is 6.04 Å². The van der Waals surface area contributed by atoms with Crippen molar-refractivity contribution in [1.82, 2.24) is 15.6 Å². The van der Waals surface area contributed by atoms with Crippen LogP contribution in [0.2, 0.25) is 0 Å². The van der Waals surface area contributed by atoms with E-state index in [1.807, 2.05) is 36.7 Å². The molecule has 1 aromatic heterocycles. The number of amides is 2. The van der Waals surface area contributed by atoms with Crippen molar-refractivity contribution in [2.75, 3.05) is 12.0 Å². The van der Waals surface area contributed by atoms with Gasteiger partial charge >= 0.3 is 5.97 Å². The average molecular weight is 435 g/mol. The number of thioether (sulfide) groups is 1. The molecule has 3 atom stereocenters. The number of aliphatic carboxylic acids is 1. The van der Waals surface area contributed by atoms with E-state index in [4.69, 9.17) is 5.73 Å². The van der Waals surface area contributed by atoms with Crippen LogP contribution < -0.4 is 16.4 Å². The van der Waals surface area contributed by atoms with Crippen molar-refractivity contribution in [2.45, 2.75) is 44.8 Å². The van der Waals surface area contributed by atoms with Gasteiger partial charge in [-0.15, -0.1) is 0 Å². The van der Waals surface area contributed by atoms with Crippen molar-refractivity contribution in [3.05, 3.63) is 36.0 Å². The predicted octanol–water partition coefficient (Wildman–Crippen LogP) is 1.50. The van der Waals surface area contributed by atoms with Crippen LogP contribution in [-0.4, -0.2) is 58.0 Å². The molecule has 6 N–H and O–H groups in total. The number of carboxylic acids is 1. The van der Waals surface area contributed by atoms with Crippen LogP contribution in [0.5, 0.6) is 0 Å². The molecule has 2 aromatic rings. The van der Waals surface area contributed by atoms with Crippen LogP contribution in [0.15, 0.2) is 30.5 Å². The van der Waals surface area contributed by atoms with E-state index >= 15 is 0 Å². The molecule has 0 aliphatic carbocycles. The minimum Gasteiger partial charge on any atom is -0.480 e. The number of para-hydroxylation sites is 1. The monoisotopic (exact) mass is 434 g/mol. The second-order valence-corrected chi connectivity index (χ2v) is 8.57. The molecule has 0 spiro atoms. The van der Waals surface area contributed by atoms with Gasteiger partial charge in [0.15, 0.2) is 0 Å². The van der Waals surface area contributed by atoms with Gasteiger partial charge < -0.3 is 26.5 Å². The van der Waals surface area contributed by atoms with Crippen LogP contribution in [-0.2, 0) is 20.8 Å². The van der Waals surface area contributed by atoms with Crippen molar-refractivity contribution in [1.29, 1.82) is 0 Å². The summed E-state index contributed by atoms with van der Waals surface area (Å²) in [6, 6.07) is 5.03. The van der Waals surface area contributed by atoms with Crippen LogP contribution in [0.25, 0.3) is 10.9 Å². The lowest BCUT2D eigenvalue weighted by Crippen LogP contribution is -2.56. The third-order valence-electron chi connectivity index (χ3n) is 4.92. The second kappa shape index (κ2) is 11.0. The number of carbonyl (C=O) groups is 3. The summed E-state index contributed by atoms with van der Waals surface area (Å²) in [5, 5.41) is 15.6. The quantitative estimate of drug-likeness (QED) is 0.363. The van der Waals surface area contributed by atoms with E-state index in [1.165, 1.54) is 11.8 Å². The van der Waals surface area contributed by atoms with Crippen LogP contribution >= 0.6 is 11.8 Å². The lowest BCUT2D eigenvalue weighted by Gasteiger charge is -2.25. The zero-order valence-electron chi connectivity index (χ0n) is 17.5. The van der Waals surface area contributed by atoms with Gasteiger partial charge in [-0.1, -0.05) is 32.0 Å². The Hall–Kier alpha value is -2.52. The Morgan fingerprint density at radius 1 is 1.17 bits per heavy atom. The second-order valence-electron chi connectivity index (χ2n) is 7.58. The fourth-order valence-corrected chi connectivity index (χ4v) is 3.65. The first-order valence-electron chi connectivity index (χ1n) is 9.87. The number of benzene rings is 1. The van der Waals surface area contributed by atoms with Gasteiger partial charge in [0.25, 0.3) is 0 Å². The zero-order valence-corrected chi connectivity index (χ0v) is 18.3. The Balaban J connectivity index is 2.03. The lowest BCUT2D eigenvalue weighted by atomic mass is 10.0. The average Bonchev–Trinajstić information content (AvgIpc) is 3.11. The highest BCUT2D eigenvalue weighted by molar-refractivity contribution is 7.98. The third kappa shape index (κ3) is 6.24. The Labute approximate surface area is 180 Å². The zero-order chi connectivity index (χ0) is 22.3. The first kappa shape index (κ1) is 23.8. The van der Waals surface area contributed by atoms with Crippen LogP contribution in [0.1, 0.15) is 25.8 Å². The summed E-state index contributed by atoms with van der Waals surface area (Å²) in [4.78, 5) is 39.9. The van der Waals surface area contributed by atoms with Gasteiger partial charge in [-0.2, -0.15) is 11.8 Å². The van der Waals surface area contributed by atoms with Crippen LogP contribution in [0.4, 0.5) is 0 Å². The molecule has 0 aliphatic rings. The molecule has 164 valence electrons. The lowest BCUT2D eigenvalue weighted by molar-refractivity contribution is -0.142. The van der Waals surface area contributed by atoms with Crippen molar-refractivity contribution < 1.29 is 19.5 Å². The molecular weight excluding hydrogens is 404 g/mol. The van der Waals surface area contributed by atoms with Crippen LogP contribution in [0, 0.1) is 5.92 Å². The summed E-state index contributed by atoms with van der Waals surface area (Å²) in [6.45, 7) is 3.57. The number of H-pyrrole nitrogens is 1. The van der Waals surface area contributed by atoms with Gasteiger partial charge in [-0.3, -0.25) is 9.59 Å². The first-order valence-corrected chi connectivity index (χ1v) is 11.3. The minimum atomic E-state index is -1.10. The first-order chi connectivity index (χ1) is 14.2. The Bertz CT molecular complexity index is 883. The number of nitrogens with one attached hydrogen (secondary N) is 3. The highest BCUT2D eigenvalue weighted by Gasteiger charge is 2.30. The molecule has 0 bridgehead atoms. The number of nitrogens with two attached hydrogens (primary N) is 1. The number of aromatic amines is 1. The predicted molar refractivity (Wildman–Crippen MR) is 119 cm³/mol. The maximum atomic E-state index is 12.7. The minimum absolute atomic E-state index is 0.232. The molecular formula is C21H30N4O4S. The van der Waals surface area contributed by atoms with Crippen molar-refractivity contribution in [3.63, 3.8) is 0 Å². The van der Waals surface area contributed by atoms with Gasteiger partial charge in [-0.25, -0.2) is 4.79 Å². The SMILES string of the molecule is CSCC[C@H](NC(=O)[C@@H](NC(=O)[C@@H](N)Cc1c[nH]c2ccccc12)C(C)C)C(=O)O. The van der Waals surface area contributed by atoms with Gasteiger partial charge in [0, 0.05) is 17.1 Å². The van der Waals surface area contributed by atoms with Gasteiger partial charge in [0.1, 0.15) is 12.1 Å². The van der Waals surface area contributed by atoms with E-state index in [0.717, 1.165) is 16.5 Å². The molecule has 9 heteroatoms. The molecule has 2 amide bonds. The number of carboxylic acid groups (broad SMARTS) is 1. The van der Waals surface area contributed by atoms with Crippen molar-refractivity contribution >= 4 is 40.4 Å². The van der Waals surface area contributed by atoms with E-state index < -0.39 is 35.9 Å². The molecule has 0 saturated carbocycles. The Morgan fingerprint density at radius 3 is 2.50 bits per heavy atom. The van der Waals surface area contributed by atoms with E-state index in [9.17, 15) is 19.5 Å². The van der Waals surface area contributed by atoms with Crippen molar-refractivity contribution in [3.8, 4) is 0 Å². The smallest absolute Gasteiger partial charge is 0.326 e. The number of aromatic nitrogens is 1. The fourth-order valence-electron chi connectivity index (χ4n) is 3.18. The number of hydrogen-bond acceptors (Lipinski definition) is 5. The summed E-state index contributed by atoms with van der Waals surface area (Å²) in [5.41, 5.74) is 7.99. The molecule has 8 nitrogen and oxygen atoms in total. The topological polar surface area (TPSA) is 137 Å². The summed E-state index contributed by atoms with van der Waals surface area (Å²) in [6.07, 6.45) is 4.31.